The van der Waals surface area contributed by atoms with Gasteiger partial charge in [0.15, 0.2) is 0 Å². The number of aromatic nitrogens is 2. The van der Waals surface area contributed by atoms with Crippen molar-refractivity contribution in [3.05, 3.63) is 47.9 Å². The van der Waals surface area contributed by atoms with E-state index in [1.165, 1.54) is 6.92 Å². The second-order valence-electron chi connectivity index (χ2n) is 9.36. The SMILES string of the molecule is C=C(N=C(C=C(C)C)n1cc(C2CC(C#N)C2)c2cnc(NC(C)=O)cc21)[C@]1(OC)CCOC1. The molecule has 1 aliphatic carbocycles. The van der Waals surface area contributed by atoms with Crippen LogP contribution in [0.3, 0.4) is 0 Å². The molecule has 4 rings (SSSR count). The standard InChI is InChI=1S/C26H31N5O3/c1-16(2)8-25(29-17(3)26(33-5)6-7-34-15-26)31-14-22(20-9-19(10-20)12-27)21-13-28-24(11-23(21)31)30-18(4)32/h8,11,13-14,19-20H,3,6-7,9-10,15H2,1-2,4-5H3,(H,28,30,32)/t19?,20?,26-/m0/s1. The minimum absolute atomic E-state index is 0.0876. The molecule has 1 N–H and O–H groups in total. The van der Waals surface area contributed by atoms with Gasteiger partial charge in [-0.05, 0) is 44.2 Å². The lowest BCUT2D eigenvalue weighted by molar-refractivity contribution is -0.114. The van der Waals surface area contributed by atoms with E-state index in [-0.39, 0.29) is 17.7 Å². The maximum Gasteiger partial charge on any atom is 0.222 e. The van der Waals surface area contributed by atoms with Crippen molar-refractivity contribution >= 4 is 28.5 Å². The molecule has 34 heavy (non-hydrogen) atoms. The van der Waals surface area contributed by atoms with Crippen molar-refractivity contribution in [1.82, 2.24) is 9.55 Å². The minimum atomic E-state index is -0.649. The van der Waals surface area contributed by atoms with Gasteiger partial charge in [0.1, 0.15) is 17.3 Å². The predicted molar refractivity (Wildman–Crippen MR) is 132 cm³/mol. The predicted octanol–water partition coefficient (Wildman–Crippen LogP) is 4.54. The number of hydrogen-bond donors (Lipinski definition) is 1. The van der Waals surface area contributed by atoms with Crippen LogP contribution in [0, 0.1) is 17.2 Å². The maximum absolute atomic E-state index is 11.7. The van der Waals surface area contributed by atoms with Crippen molar-refractivity contribution in [2.75, 3.05) is 25.6 Å². The van der Waals surface area contributed by atoms with Gasteiger partial charge in [0.05, 0.1) is 23.9 Å². The number of carbonyl (C=O) groups is 1. The monoisotopic (exact) mass is 461 g/mol. The van der Waals surface area contributed by atoms with E-state index in [0.29, 0.717) is 37.0 Å². The molecule has 0 aromatic carbocycles. The highest BCUT2D eigenvalue weighted by Crippen LogP contribution is 2.44. The number of fused-ring (bicyclic) bond motifs is 1. The molecule has 178 valence electrons. The fourth-order valence-corrected chi connectivity index (χ4v) is 4.59. The summed E-state index contributed by atoms with van der Waals surface area (Å²) >= 11 is 0. The highest BCUT2D eigenvalue weighted by Gasteiger charge is 2.38. The Bertz CT molecular complexity index is 1220. The van der Waals surface area contributed by atoms with E-state index < -0.39 is 5.60 Å². The minimum Gasteiger partial charge on any atom is -0.378 e. The zero-order valence-electron chi connectivity index (χ0n) is 20.2. The quantitative estimate of drug-likeness (QED) is 0.503. The number of nitrogens with zero attached hydrogens (tertiary/aromatic N) is 4. The van der Waals surface area contributed by atoms with Crippen molar-refractivity contribution in [3.63, 3.8) is 0 Å². The van der Waals surface area contributed by atoms with Gasteiger partial charge in [-0.25, -0.2) is 9.98 Å². The Morgan fingerprint density at radius 3 is 2.79 bits per heavy atom. The second-order valence-corrected chi connectivity index (χ2v) is 9.36. The number of anilines is 1. The fraction of sp³-hybridized carbons (Fsp3) is 0.462. The van der Waals surface area contributed by atoms with Gasteiger partial charge < -0.3 is 19.4 Å². The topological polar surface area (TPSA) is 102 Å². The number of aliphatic imine (C=N–C) groups is 1. The number of allylic oxidation sites excluding steroid dienone is 2. The number of methoxy groups -OCH3 is 1. The van der Waals surface area contributed by atoms with E-state index in [1.807, 2.05) is 30.6 Å². The van der Waals surface area contributed by atoms with Crippen LogP contribution in [0.25, 0.3) is 10.9 Å². The van der Waals surface area contributed by atoms with Crippen molar-refractivity contribution < 1.29 is 14.3 Å². The molecule has 2 fully saturated rings. The van der Waals surface area contributed by atoms with Gasteiger partial charge in [-0.3, -0.25) is 4.79 Å². The van der Waals surface area contributed by atoms with Gasteiger partial charge in [-0.2, -0.15) is 5.26 Å². The zero-order chi connectivity index (χ0) is 24.5. The van der Waals surface area contributed by atoms with Gasteiger partial charge >= 0.3 is 0 Å². The lowest BCUT2D eigenvalue weighted by Gasteiger charge is -2.30. The van der Waals surface area contributed by atoms with E-state index in [9.17, 15) is 10.1 Å². The number of nitrogens with one attached hydrogen (secondary N) is 1. The number of rotatable bonds is 6. The van der Waals surface area contributed by atoms with Crippen LogP contribution in [0.4, 0.5) is 5.82 Å². The molecule has 1 amide bonds. The molecule has 8 heteroatoms. The van der Waals surface area contributed by atoms with E-state index >= 15 is 0 Å². The number of nitriles is 1. The average Bonchev–Trinajstić information content (AvgIpc) is 3.38. The Morgan fingerprint density at radius 2 is 2.21 bits per heavy atom. The summed E-state index contributed by atoms with van der Waals surface area (Å²) in [5.74, 6) is 1.36. The van der Waals surface area contributed by atoms with Crippen LogP contribution >= 0.6 is 0 Å². The summed E-state index contributed by atoms with van der Waals surface area (Å²) in [6.07, 6.45) is 8.23. The number of pyridine rings is 1. The molecule has 0 bridgehead atoms. The Labute approximate surface area is 200 Å². The van der Waals surface area contributed by atoms with Gasteiger partial charge in [-0.1, -0.05) is 12.2 Å². The van der Waals surface area contributed by atoms with Crippen LogP contribution in [0.2, 0.25) is 0 Å². The van der Waals surface area contributed by atoms with Gasteiger partial charge in [0.25, 0.3) is 0 Å². The van der Waals surface area contributed by atoms with Crippen molar-refractivity contribution in [1.29, 1.82) is 5.26 Å². The number of hydrogen-bond acceptors (Lipinski definition) is 6. The van der Waals surface area contributed by atoms with Gasteiger partial charge in [-0.15, -0.1) is 0 Å². The van der Waals surface area contributed by atoms with Crippen molar-refractivity contribution in [2.24, 2.45) is 10.9 Å². The lowest BCUT2D eigenvalue weighted by atomic mass is 9.72. The van der Waals surface area contributed by atoms with Crippen LogP contribution in [0.5, 0.6) is 0 Å². The number of carbonyl (C=O) groups excluding carboxylic acids is 1. The first-order valence-electron chi connectivity index (χ1n) is 11.5. The van der Waals surface area contributed by atoms with Gasteiger partial charge in [0.2, 0.25) is 5.91 Å². The molecule has 2 aliphatic rings. The number of amides is 1. The first kappa shape index (κ1) is 23.9. The van der Waals surface area contributed by atoms with Gasteiger partial charge in [0, 0.05) is 56.8 Å². The van der Waals surface area contributed by atoms with E-state index in [0.717, 1.165) is 34.9 Å². The highest BCUT2D eigenvalue weighted by atomic mass is 16.5. The molecule has 2 aromatic rings. The Hall–Kier alpha value is -3.28. The fourth-order valence-electron chi connectivity index (χ4n) is 4.59. The summed E-state index contributed by atoms with van der Waals surface area (Å²) in [5, 5.41) is 13.0. The summed E-state index contributed by atoms with van der Waals surface area (Å²) in [6.45, 7) is 10.8. The molecule has 1 saturated carbocycles. The lowest BCUT2D eigenvalue weighted by Crippen LogP contribution is -2.33. The third-order valence-corrected chi connectivity index (χ3v) is 6.60. The van der Waals surface area contributed by atoms with Crippen LogP contribution < -0.4 is 5.32 Å². The molecule has 2 aromatic heterocycles. The van der Waals surface area contributed by atoms with E-state index in [2.05, 4.69) is 29.1 Å². The van der Waals surface area contributed by atoms with Crippen LogP contribution in [0.1, 0.15) is 51.5 Å². The molecular weight excluding hydrogens is 430 g/mol. The molecule has 0 unspecified atom stereocenters. The van der Waals surface area contributed by atoms with Crippen molar-refractivity contribution in [3.8, 4) is 6.07 Å². The Kier molecular flexibility index (Phi) is 6.69. The van der Waals surface area contributed by atoms with Crippen molar-refractivity contribution in [2.45, 2.75) is 51.6 Å². The average molecular weight is 462 g/mol. The van der Waals surface area contributed by atoms with Crippen LogP contribution in [0.15, 0.2) is 47.4 Å². The second kappa shape index (κ2) is 9.53. The molecular formula is C26H31N5O3. The zero-order valence-corrected chi connectivity index (χ0v) is 20.2. The number of ether oxygens (including phenoxy) is 2. The largest absolute Gasteiger partial charge is 0.378 e. The Morgan fingerprint density at radius 1 is 1.44 bits per heavy atom. The normalized spacial score (nSPS) is 24.4. The first-order valence-corrected chi connectivity index (χ1v) is 11.5. The summed E-state index contributed by atoms with van der Waals surface area (Å²) < 4.78 is 13.4. The summed E-state index contributed by atoms with van der Waals surface area (Å²) in [5.41, 5.74) is 3.05. The smallest absolute Gasteiger partial charge is 0.222 e. The molecule has 1 atom stereocenters. The molecule has 1 aliphatic heterocycles. The third-order valence-electron chi connectivity index (χ3n) is 6.60. The molecule has 1 saturated heterocycles. The molecule has 0 radical (unpaired) electrons. The summed E-state index contributed by atoms with van der Waals surface area (Å²) in [6, 6.07) is 4.23. The molecule has 0 spiro atoms. The van der Waals surface area contributed by atoms with Crippen LogP contribution in [-0.2, 0) is 14.3 Å². The Balaban J connectivity index is 1.86. The summed E-state index contributed by atoms with van der Waals surface area (Å²) in [4.78, 5) is 21.0. The highest BCUT2D eigenvalue weighted by molar-refractivity contribution is 6.04. The third kappa shape index (κ3) is 4.54. The molecule has 8 nitrogen and oxygen atoms in total. The van der Waals surface area contributed by atoms with Crippen LogP contribution in [-0.4, -0.2) is 47.2 Å². The molecule has 3 heterocycles. The maximum atomic E-state index is 11.7. The first-order chi connectivity index (χ1) is 16.3. The summed E-state index contributed by atoms with van der Waals surface area (Å²) in [7, 11) is 1.66. The van der Waals surface area contributed by atoms with E-state index in [4.69, 9.17) is 14.5 Å². The van der Waals surface area contributed by atoms with E-state index in [1.54, 1.807) is 13.3 Å².